The monoisotopic (exact) mass is 334 g/mol. The molecule has 0 spiro atoms. The number of nitrogens with zero attached hydrogens (tertiary/aromatic N) is 1. The molecule has 0 saturated carbocycles. The van der Waals surface area contributed by atoms with Crippen LogP contribution in [0.1, 0.15) is 64.7 Å². The smallest absolute Gasteiger partial charge is 0.377 e. The molecule has 0 bridgehead atoms. The Morgan fingerprint density at radius 2 is 1.14 bits per heavy atom. The van der Waals surface area contributed by atoms with Gasteiger partial charge < -0.3 is 13.3 Å². The fourth-order valence-corrected chi connectivity index (χ4v) is 4.40. The SMILES string of the molecule is CCN(N)CCCCCCCCCCC[Si](OC)(OC)OC. The lowest BCUT2D eigenvalue weighted by atomic mass is 10.1. The molecule has 0 aliphatic heterocycles. The van der Waals surface area contributed by atoms with Gasteiger partial charge in [-0.3, -0.25) is 5.84 Å². The Morgan fingerprint density at radius 3 is 1.55 bits per heavy atom. The minimum atomic E-state index is -2.33. The van der Waals surface area contributed by atoms with Gasteiger partial charge in [0.25, 0.3) is 0 Å². The van der Waals surface area contributed by atoms with Crippen molar-refractivity contribution in [1.82, 2.24) is 5.01 Å². The number of hydrogen-bond acceptors (Lipinski definition) is 5. The second-order valence-corrected chi connectivity index (χ2v) is 8.95. The van der Waals surface area contributed by atoms with Gasteiger partial charge in [-0.15, -0.1) is 0 Å². The Balaban J connectivity index is 3.33. The first-order chi connectivity index (χ1) is 10.6. The molecule has 2 N–H and O–H groups in total. The summed E-state index contributed by atoms with van der Waals surface area (Å²) in [5.74, 6) is 5.75. The highest BCUT2D eigenvalue weighted by Gasteiger charge is 2.36. The maximum atomic E-state index is 5.75. The molecule has 0 atom stereocenters. The van der Waals surface area contributed by atoms with Crippen molar-refractivity contribution in [3.05, 3.63) is 0 Å². The highest BCUT2D eigenvalue weighted by molar-refractivity contribution is 6.60. The van der Waals surface area contributed by atoms with E-state index in [0.717, 1.165) is 25.6 Å². The zero-order valence-electron chi connectivity index (χ0n) is 15.2. The molecular weight excluding hydrogens is 296 g/mol. The van der Waals surface area contributed by atoms with Gasteiger partial charge in [-0.2, -0.15) is 0 Å². The van der Waals surface area contributed by atoms with Crippen LogP contribution in [0, 0.1) is 0 Å². The minimum Gasteiger partial charge on any atom is -0.377 e. The van der Waals surface area contributed by atoms with Gasteiger partial charge in [0, 0.05) is 40.5 Å². The zero-order chi connectivity index (χ0) is 16.7. The number of rotatable bonds is 16. The van der Waals surface area contributed by atoms with E-state index in [9.17, 15) is 0 Å². The molecule has 0 rings (SSSR count). The van der Waals surface area contributed by atoms with Crippen molar-refractivity contribution in [2.24, 2.45) is 5.84 Å². The summed E-state index contributed by atoms with van der Waals surface area (Å²) in [6, 6.07) is 0.920. The molecule has 0 heterocycles. The van der Waals surface area contributed by atoms with Crippen LogP contribution in [-0.4, -0.2) is 48.2 Å². The van der Waals surface area contributed by atoms with Crippen molar-refractivity contribution >= 4 is 8.80 Å². The predicted molar refractivity (Wildman–Crippen MR) is 94.6 cm³/mol. The summed E-state index contributed by atoms with van der Waals surface area (Å²) >= 11 is 0. The van der Waals surface area contributed by atoms with Crippen LogP contribution in [0.2, 0.25) is 6.04 Å². The van der Waals surface area contributed by atoms with Crippen LogP contribution in [0.15, 0.2) is 0 Å². The van der Waals surface area contributed by atoms with Gasteiger partial charge in [0.15, 0.2) is 0 Å². The fourth-order valence-electron chi connectivity index (χ4n) is 2.61. The normalized spacial score (nSPS) is 12.3. The summed E-state index contributed by atoms with van der Waals surface area (Å²) in [6.07, 6.45) is 11.6. The maximum absolute atomic E-state index is 5.75. The number of unbranched alkanes of at least 4 members (excludes halogenated alkanes) is 8. The molecule has 0 aromatic carbocycles. The molecule has 22 heavy (non-hydrogen) atoms. The van der Waals surface area contributed by atoms with Crippen LogP contribution in [0.5, 0.6) is 0 Å². The first-order valence-corrected chi connectivity index (χ1v) is 10.7. The van der Waals surface area contributed by atoms with E-state index in [2.05, 4.69) is 6.92 Å². The van der Waals surface area contributed by atoms with Crippen molar-refractivity contribution in [3.8, 4) is 0 Å². The van der Waals surface area contributed by atoms with E-state index >= 15 is 0 Å². The van der Waals surface area contributed by atoms with Crippen LogP contribution >= 0.6 is 0 Å². The largest absolute Gasteiger partial charge is 0.500 e. The topological polar surface area (TPSA) is 57.0 Å². The molecule has 0 aromatic heterocycles. The third-order valence-corrected chi connectivity index (χ3v) is 7.10. The van der Waals surface area contributed by atoms with E-state index in [1.165, 1.54) is 51.4 Å². The molecule has 0 radical (unpaired) electrons. The van der Waals surface area contributed by atoms with Crippen molar-refractivity contribution in [2.75, 3.05) is 34.4 Å². The molecule has 134 valence electrons. The van der Waals surface area contributed by atoms with E-state index in [-0.39, 0.29) is 0 Å². The number of hydrazine groups is 1. The van der Waals surface area contributed by atoms with Crippen LogP contribution in [0.25, 0.3) is 0 Å². The van der Waals surface area contributed by atoms with E-state index in [1.54, 1.807) is 21.3 Å². The number of nitrogens with two attached hydrogens (primary N) is 1. The second kappa shape index (κ2) is 14.6. The van der Waals surface area contributed by atoms with E-state index in [0.29, 0.717) is 0 Å². The third kappa shape index (κ3) is 10.7. The third-order valence-electron chi connectivity index (χ3n) is 4.27. The lowest BCUT2D eigenvalue weighted by Crippen LogP contribution is -2.42. The van der Waals surface area contributed by atoms with Crippen molar-refractivity contribution in [1.29, 1.82) is 0 Å². The minimum absolute atomic E-state index is 0.920. The van der Waals surface area contributed by atoms with Crippen molar-refractivity contribution in [2.45, 2.75) is 70.8 Å². The highest BCUT2D eigenvalue weighted by Crippen LogP contribution is 2.18. The summed E-state index contributed by atoms with van der Waals surface area (Å²) < 4.78 is 16.3. The molecule has 0 unspecified atom stereocenters. The molecular formula is C16H38N2O3Si. The Hall–Kier alpha value is 0.0169. The molecule has 6 heteroatoms. The molecule has 0 saturated heterocycles. The van der Waals surface area contributed by atoms with Crippen LogP contribution in [-0.2, 0) is 13.3 Å². The van der Waals surface area contributed by atoms with E-state index in [1.807, 2.05) is 5.01 Å². The van der Waals surface area contributed by atoms with Crippen molar-refractivity contribution < 1.29 is 13.3 Å². The Labute approximate surface area is 138 Å². The van der Waals surface area contributed by atoms with E-state index in [4.69, 9.17) is 19.1 Å². The molecule has 0 aliphatic carbocycles. The van der Waals surface area contributed by atoms with Crippen LogP contribution in [0.4, 0.5) is 0 Å². The molecule has 0 amide bonds. The van der Waals surface area contributed by atoms with Gasteiger partial charge in [-0.05, 0) is 12.8 Å². The zero-order valence-corrected chi connectivity index (χ0v) is 16.2. The van der Waals surface area contributed by atoms with Crippen LogP contribution in [0.3, 0.4) is 0 Å². The quantitative estimate of drug-likeness (QED) is 0.202. The average molecular weight is 335 g/mol. The lowest BCUT2D eigenvalue weighted by Gasteiger charge is -2.24. The standard InChI is InChI=1S/C16H38N2O3Si/c1-5-18(17)15-13-11-9-7-6-8-10-12-14-16-22(19-2,20-3)21-4/h5-17H2,1-4H3. The Bertz CT molecular complexity index is 233. The molecule has 5 nitrogen and oxygen atoms in total. The summed E-state index contributed by atoms with van der Waals surface area (Å²) in [7, 11) is 2.72. The van der Waals surface area contributed by atoms with Gasteiger partial charge >= 0.3 is 8.80 Å². The van der Waals surface area contributed by atoms with Crippen molar-refractivity contribution in [3.63, 3.8) is 0 Å². The first-order valence-electron chi connectivity index (χ1n) is 8.79. The summed E-state index contributed by atoms with van der Waals surface area (Å²) in [5, 5.41) is 1.89. The average Bonchev–Trinajstić information content (AvgIpc) is 2.56. The van der Waals surface area contributed by atoms with Gasteiger partial charge in [-0.1, -0.05) is 51.9 Å². The van der Waals surface area contributed by atoms with Gasteiger partial charge in [0.1, 0.15) is 0 Å². The maximum Gasteiger partial charge on any atom is 0.500 e. The van der Waals surface area contributed by atoms with Gasteiger partial charge in [0.2, 0.25) is 0 Å². The lowest BCUT2D eigenvalue weighted by molar-refractivity contribution is 0.122. The van der Waals surface area contributed by atoms with E-state index < -0.39 is 8.80 Å². The second-order valence-electron chi connectivity index (χ2n) is 5.86. The summed E-state index contributed by atoms with van der Waals surface area (Å²) in [5.41, 5.74) is 0. The summed E-state index contributed by atoms with van der Waals surface area (Å²) in [6.45, 7) is 4.07. The Morgan fingerprint density at radius 1 is 0.727 bits per heavy atom. The Kier molecular flexibility index (Phi) is 14.6. The predicted octanol–water partition coefficient (Wildman–Crippen LogP) is 3.57. The van der Waals surface area contributed by atoms with Crippen LogP contribution < -0.4 is 5.84 Å². The molecule has 0 aromatic rings. The molecule has 0 aliphatic rings. The van der Waals surface area contributed by atoms with Gasteiger partial charge in [0.05, 0.1) is 0 Å². The number of hydrogen-bond donors (Lipinski definition) is 1. The molecule has 0 fully saturated rings. The highest BCUT2D eigenvalue weighted by atomic mass is 28.4. The fraction of sp³-hybridized carbons (Fsp3) is 1.00. The van der Waals surface area contributed by atoms with Gasteiger partial charge in [-0.25, -0.2) is 5.01 Å². The first kappa shape index (κ1) is 22.0. The summed E-state index contributed by atoms with van der Waals surface area (Å²) in [4.78, 5) is 0.